The highest BCUT2D eigenvalue weighted by atomic mass is 35.5. The van der Waals surface area contributed by atoms with Crippen LogP contribution in [0.4, 0.5) is 18.0 Å². The Morgan fingerprint density at radius 3 is 2.51 bits per heavy atom. The van der Waals surface area contributed by atoms with Crippen molar-refractivity contribution in [2.24, 2.45) is 10.9 Å². The van der Waals surface area contributed by atoms with Crippen LogP contribution >= 0.6 is 11.6 Å². The van der Waals surface area contributed by atoms with Gasteiger partial charge in [0, 0.05) is 36.5 Å². The van der Waals surface area contributed by atoms with Crippen LogP contribution in [0.15, 0.2) is 59.6 Å². The number of aliphatic imine (C=N–C) groups is 1. The molecule has 43 heavy (non-hydrogen) atoms. The van der Waals surface area contributed by atoms with Gasteiger partial charge in [0.05, 0.1) is 17.6 Å². The Balaban J connectivity index is 1.27. The summed E-state index contributed by atoms with van der Waals surface area (Å²) in [7, 11) is 0. The van der Waals surface area contributed by atoms with Crippen LogP contribution in [0.2, 0.25) is 5.02 Å². The van der Waals surface area contributed by atoms with E-state index in [9.17, 15) is 22.8 Å². The highest BCUT2D eigenvalue weighted by Gasteiger charge is 2.43. The number of cyclic esters (lactones) is 1. The van der Waals surface area contributed by atoms with Crippen molar-refractivity contribution in [1.82, 2.24) is 9.80 Å². The Labute approximate surface area is 254 Å². The molecule has 1 aliphatic carbocycles. The molecule has 228 valence electrons. The Hall–Kier alpha value is -3.33. The van der Waals surface area contributed by atoms with Crippen LogP contribution in [-0.4, -0.2) is 59.7 Å². The summed E-state index contributed by atoms with van der Waals surface area (Å²) in [5.41, 5.74) is 1.65. The fourth-order valence-corrected chi connectivity index (χ4v) is 7.00. The third-order valence-electron chi connectivity index (χ3n) is 9.48. The van der Waals surface area contributed by atoms with Crippen molar-refractivity contribution in [3.63, 3.8) is 0 Å². The van der Waals surface area contributed by atoms with Crippen molar-refractivity contribution in [3.05, 3.63) is 81.9 Å². The third-order valence-corrected chi connectivity index (χ3v) is 9.82. The predicted octanol–water partition coefficient (Wildman–Crippen LogP) is 7.54. The summed E-state index contributed by atoms with van der Waals surface area (Å²) in [5.74, 6) is 1.13. The molecular formula is C33H35ClF3N3O3. The number of benzene rings is 2. The average Bonchev–Trinajstić information content (AvgIpc) is 3.25. The van der Waals surface area contributed by atoms with Gasteiger partial charge in [-0.2, -0.15) is 13.2 Å². The molecule has 1 amide bonds. The molecule has 6 nitrogen and oxygen atoms in total. The normalized spacial score (nSPS) is 29.2. The van der Waals surface area contributed by atoms with Crippen molar-refractivity contribution in [3.8, 4) is 0 Å². The molecule has 4 atom stereocenters. The van der Waals surface area contributed by atoms with Gasteiger partial charge in [0.15, 0.2) is 0 Å². The van der Waals surface area contributed by atoms with Gasteiger partial charge in [-0.05, 0) is 85.9 Å². The number of amidine groups is 1. The lowest BCUT2D eigenvalue weighted by atomic mass is 9.78. The van der Waals surface area contributed by atoms with Crippen LogP contribution in [0.5, 0.6) is 0 Å². The molecule has 3 fully saturated rings. The van der Waals surface area contributed by atoms with E-state index >= 15 is 0 Å². The van der Waals surface area contributed by atoms with Crippen LogP contribution in [-0.2, 0) is 15.7 Å². The van der Waals surface area contributed by atoms with Crippen molar-refractivity contribution in [2.45, 2.75) is 75.2 Å². The Bertz CT molecular complexity index is 1430. The van der Waals surface area contributed by atoms with Crippen LogP contribution < -0.4 is 0 Å². The molecule has 0 aromatic heterocycles. The molecule has 4 aliphatic rings. The third kappa shape index (κ3) is 6.06. The maximum atomic E-state index is 13.4. The summed E-state index contributed by atoms with van der Waals surface area (Å²) in [6, 6.07) is 10.2. The minimum Gasteiger partial charge on any atom is -0.439 e. The maximum Gasteiger partial charge on any atom is 0.416 e. The predicted molar refractivity (Wildman–Crippen MR) is 158 cm³/mol. The van der Waals surface area contributed by atoms with E-state index in [4.69, 9.17) is 21.3 Å². The maximum absolute atomic E-state index is 13.4. The van der Waals surface area contributed by atoms with Crippen molar-refractivity contribution in [1.29, 1.82) is 0 Å². The number of nitrogens with zero attached hydrogens (tertiary/aromatic N) is 3. The van der Waals surface area contributed by atoms with E-state index in [0.717, 1.165) is 75.0 Å². The number of dihydropyridines is 1. The first-order valence-electron chi connectivity index (χ1n) is 15.0. The van der Waals surface area contributed by atoms with Crippen molar-refractivity contribution >= 4 is 29.8 Å². The number of amides is 1. The average molecular weight is 614 g/mol. The number of alkyl halides is 3. The minimum atomic E-state index is -4.49. The summed E-state index contributed by atoms with van der Waals surface area (Å²) < 4.78 is 45.9. The van der Waals surface area contributed by atoms with Gasteiger partial charge in [-0.25, -0.2) is 4.79 Å². The lowest BCUT2D eigenvalue weighted by Crippen LogP contribution is -2.45. The molecule has 0 spiro atoms. The minimum absolute atomic E-state index is 0.130. The summed E-state index contributed by atoms with van der Waals surface area (Å²) in [5, 5.41) is 0.617. The molecule has 0 N–H and O–H groups in total. The highest BCUT2D eigenvalue weighted by molar-refractivity contribution is 6.31. The fraction of sp³-hybridized carbons (Fsp3) is 0.485. The molecule has 3 heterocycles. The molecule has 4 unspecified atom stereocenters. The van der Waals surface area contributed by atoms with Gasteiger partial charge in [-0.15, -0.1) is 0 Å². The van der Waals surface area contributed by atoms with Gasteiger partial charge >= 0.3 is 12.3 Å². The standard InChI is InChI=1S/C33H35ClF3N3O3/c1-20-31(24-4-2-5-25(16-24)33(35,36)37)43-32(42)40(20)18-29-26(11-13-30(38-29)39-14-3-15-39)27-17-23(10-12-28(27)34)22-8-6-21(19-41)7-9-22/h2,4-5,10-13,16-17,19-22,26,29,31H,3,6-9,14-15,18H2,1H3. The number of likely N-dealkylation sites (tertiary alicyclic amines) is 1. The molecule has 2 aromatic rings. The second-order valence-electron chi connectivity index (χ2n) is 12.1. The van der Waals surface area contributed by atoms with Gasteiger partial charge in [0.1, 0.15) is 18.2 Å². The number of rotatable bonds is 6. The van der Waals surface area contributed by atoms with E-state index in [-0.39, 0.29) is 24.4 Å². The van der Waals surface area contributed by atoms with Crippen LogP contribution in [0.3, 0.4) is 0 Å². The van der Waals surface area contributed by atoms with E-state index < -0.39 is 30.0 Å². The molecule has 0 radical (unpaired) electrons. The first-order chi connectivity index (χ1) is 20.6. The Kier molecular flexibility index (Phi) is 8.28. The summed E-state index contributed by atoms with van der Waals surface area (Å²) in [4.78, 5) is 33.3. The molecule has 2 aromatic carbocycles. The number of carbonyl (C=O) groups excluding carboxylic acids is 2. The molecule has 1 saturated carbocycles. The van der Waals surface area contributed by atoms with Crippen molar-refractivity contribution < 1.29 is 27.5 Å². The largest absolute Gasteiger partial charge is 0.439 e. The number of hydrogen-bond acceptors (Lipinski definition) is 5. The molecule has 6 rings (SSSR count). The molecule has 10 heteroatoms. The monoisotopic (exact) mass is 613 g/mol. The zero-order valence-electron chi connectivity index (χ0n) is 24.0. The number of hydrogen-bond donors (Lipinski definition) is 0. The Morgan fingerprint density at radius 2 is 1.84 bits per heavy atom. The van der Waals surface area contributed by atoms with E-state index in [1.807, 2.05) is 12.1 Å². The topological polar surface area (TPSA) is 62.2 Å². The second kappa shape index (κ2) is 12.0. The van der Waals surface area contributed by atoms with Crippen LogP contribution in [0.1, 0.15) is 79.2 Å². The molecular weight excluding hydrogens is 579 g/mol. The quantitative estimate of drug-likeness (QED) is 0.316. The van der Waals surface area contributed by atoms with E-state index in [2.05, 4.69) is 23.1 Å². The van der Waals surface area contributed by atoms with E-state index in [0.29, 0.717) is 16.5 Å². The van der Waals surface area contributed by atoms with Gasteiger partial charge in [0.2, 0.25) is 0 Å². The van der Waals surface area contributed by atoms with Crippen LogP contribution in [0.25, 0.3) is 0 Å². The second-order valence-corrected chi connectivity index (χ2v) is 12.5. The van der Waals surface area contributed by atoms with Gasteiger partial charge in [-0.1, -0.05) is 41.9 Å². The van der Waals surface area contributed by atoms with E-state index in [1.165, 1.54) is 11.6 Å². The van der Waals surface area contributed by atoms with Gasteiger partial charge < -0.3 is 14.4 Å². The number of halogens is 4. The van der Waals surface area contributed by atoms with Crippen LogP contribution in [0, 0.1) is 5.92 Å². The highest BCUT2D eigenvalue weighted by Crippen LogP contribution is 2.41. The summed E-state index contributed by atoms with van der Waals surface area (Å²) >= 11 is 6.81. The first-order valence-corrected chi connectivity index (χ1v) is 15.4. The van der Waals surface area contributed by atoms with Gasteiger partial charge in [-0.3, -0.25) is 9.89 Å². The van der Waals surface area contributed by atoms with Crippen molar-refractivity contribution in [2.75, 3.05) is 19.6 Å². The summed E-state index contributed by atoms with van der Waals surface area (Å²) in [6.45, 7) is 3.86. The summed E-state index contributed by atoms with van der Waals surface area (Å²) in [6.07, 6.45) is 4.03. The smallest absolute Gasteiger partial charge is 0.416 e. The SMILES string of the molecule is CC1C(c2cccc(C(F)(F)F)c2)OC(=O)N1CC1N=C(N2CCC2)C=CC1c1cc(C2CCC(C=O)CC2)ccc1Cl. The number of ether oxygens (including phenoxy) is 1. The van der Waals surface area contributed by atoms with E-state index in [1.54, 1.807) is 17.9 Å². The molecule has 3 aliphatic heterocycles. The van der Waals surface area contributed by atoms with Gasteiger partial charge in [0.25, 0.3) is 0 Å². The fourth-order valence-electron chi connectivity index (χ4n) is 6.75. The number of aldehydes is 1. The first kappa shape index (κ1) is 29.7. The molecule has 2 saturated heterocycles. The zero-order valence-corrected chi connectivity index (χ0v) is 24.7. The number of carbonyl (C=O) groups is 2. The molecule has 0 bridgehead atoms. The Morgan fingerprint density at radius 1 is 1.07 bits per heavy atom. The lowest BCUT2D eigenvalue weighted by Gasteiger charge is -2.37. The zero-order chi connectivity index (χ0) is 30.3. The lowest BCUT2D eigenvalue weighted by molar-refractivity contribution is -0.137.